The summed E-state index contributed by atoms with van der Waals surface area (Å²) in [7, 11) is 1.59. The van der Waals surface area contributed by atoms with Crippen LogP contribution >= 0.6 is 15.9 Å². The van der Waals surface area contributed by atoms with Crippen molar-refractivity contribution >= 4 is 21.7 Å². The van der Waals surface area contributed by atoms with Crippen molar-refractivity contribution in [3.05, 3.63) is 81.3 Å². The summed E-state index contributed by atoms with van der Waals surface area (Å²) in [6.45, 7) is 0.639. The Bertz CT molecular complexity index is 910. The third-order valence-electron chi connectivity index (χ3n) is 3.80. The fourth-order valence-electron chi connectivity index (χ4n) is 2.50. The van der Waals surface area contributed by atoms with Crippen LogP contribution in [0.15, 0.2) is 70.2 Å². The van der Waals surface area contributed by atoms with Gasteiger partial charge in [-0.2, -0.15) is 0 Å². The first kappa shape index (κ1) is 17.2. The summed E-state index contributed by atoms with van der Waals surface area (Å²) in [6, 6.07) is 15.6. The highest BCUT2D eigenvalue weighted by Gasteiger charge is 2.08. The van der Waals surface area contributed by atoms with Gasteiger partial charge in [0, 0.05) is 25.0 Å². The molecule has 5 nitrogen and oxygen atoms in total. The van der Waals surface area contributed by atoms with Gasteiger partial charge in [-0.05, 0) is 40.0 Å². The molecule has 1 aromatic heterocycles. The van der Waals surface area contributed by atoms with Gasteiger partial charge in [-0.3, -0.25) is 9.36 Å². The second-order valence-corrected chi connectivity index (χ2v) is 6.29. The molecule has 0 saturated carbocycles. The molecule has 1 N–H and O–H groups in total. The molecule has 0 unspecified atom stereocenters. The van der Waals surface area contributed by atoms with Gasteiger partial charge in [0.15, 0.2) is 5.82 Å². The normalized spacial score (nSPS) is 10.5. The largest absolute Gasteiger partial charge is 0.495 e. The number of benzene rings is 2. The lowest BCUT2D eigenvalue weighted by atomic mass is 10.1. The van der Waals surface area contributed by atoms with Gasteiger partial charge in [0.2, 0.25) is 0 Å². The van der Waals surface area contributed by atoms with Crippen LogP contribution in [0.2, 0.25) is 0 Å². The summed E-state index contributed by atoms with van der Waals surface area (Å²) in [5.74, 6) is 1.00. The molecule has 3 aromatic rings. The Morgan fingerprint density at radius 2 is 2.00 bits per heavy atom. The lowest BCUT2D eigenvalue weighted by Crippen LogP contribution is -2.24. The molecule has 0 atom stereocenters. The van der Waals surface area contributed by atoms with Crippen molar-refractivity contribution in [1.29, 1.82) is 0 Å². The molecule has 3 rings (SSSR count). The number of nitrogens with one attached hydrogen (secondary N) is 1. The Hall–Kier alpha value is -2.60. The molecule has 0 amide bonds. The van der Waals surface area contributed by atoms with Gasteiger partial charge >= 0.3 is 0 Å². The zero-order valence-electron chi connectivity index (χ0n) is 13.8. The number of hydrogen-bond acceptors (Lipinski definition) is 4. The Morgan fingerprint density at radius 3 is 2.76 bits per heavy atom. The van der Waals surface area contributed by atoms with E-state index in [0.717, 1.165) is 16.6 Å². The van der Waals surface area contributed by atoms with Crippen LogP contribution < -0.4 is 15.6 Å². The Kier molecular flexibility index (Phi) is 5.50. The zero-order chi connectivity index (χ0) is 17.6. The van der Waals surface area contributed by atoms with E-state index < -0.39 is 0 Å². The number of halogens is 1. The average molecular weight is 400 g/mol. The first-order chi connectivity index (χ1) is 12.2. The third kappa shape index (κ3) is 4.09. The quantitative estimate of drug-likeness (QED) is 0.686. The summed E-state index contributed by atoms with van der Waals surface area (Å²) >= 11 is 3.42. The number of hydrogen-bond donors (Lipinski definition) is 1. The van der Waals surface area contributed by atoms with Gasteiger partial charge in [0.1, 0.15) is 5.75 Å². The highest BCUT2D eigenvalue weighted by atomic mass is 79.9. The number of aromatic nitrogens is 2. The highest BCUT2D eigenvalue weighted by molar-refractivity contribution is 9.10. The van der Waals surface area contributed by atoms with Crippen molar-refractivity contribution in [1.82, 2.24) is 9.55 Å². The van der Waals surface area contributed by atoms with Crippen molar-refractivity contribution in [2.75, 3.05) is 19.0 Å². The van der Waals surface area contributed by atoms with E-state index in [1.807, 2.05) is 30.3 Å². The van der Waals surface area contributed by atoms with Crippen LogP contribution in [0.4, 0.5) is 5.82 Å². The van der Waals surface area contributed by atoms with Crippen LogP contribution in [0.25, 0.3) is 5.69 Å². The van der Waals surface area contributed by atoms with Crippen molar-refractivity contribution in [3.8, 4) is 11.4 Å². The van der Waals surface area contributed by atoms with Crippen LogP contribution in [0.1, 0.15) is 5.56 Å². The maximum atomic E-state index is 12.7. The minimum atomic E-state index is -0.195. The lowest BCUT2D eigenvalue weighted by Gasteiger charge is -2.11. The number of rotatable bonds is 6. The van der Waals surface area contributed by atoms with Crippen LogP contribution in [-0.4, -0.2) is 23.2 Å². The van der Waals surface area contributed by atoms with Gasteiger partial charge in [-0.25, -0.2) is 4.98 Å². The molecule has 128 valence electrons. The number of ether oxygens (including phenoxy) is 1. The summed E-state index contributed by atoms with van der Waals surface area (Å²) in [6.07, 6.45) is 4.08. The molecule has 0 spiro atoms. The molecule has 25 heavy (non-hydrogen) atoms. The molecule has 0 bridgehead atoms. The van der Waals surface area contributed by atoms with Crippen molar-refractivity contribution in [2.24, 2.45) is 0 Å². The Labute approximate surface area is 154 Å². The Balaban J connectivity index is 1.79. The number of methoxy groups -OCH3 is 1. The lowest BCUT2D eigenvalue weighted by molar-refractivity contribution is 0.412. The summed E-state index contributed by atoms with van der Waals surface area (Å²) in [4.78, 5) is 16.9. The van der Waals surface area contributed by atoms with Gasteiger partial charge in [0.25, 0.3) is 5.56 Å². The van der Waals surface area contributed by atoms with Gasteiger partial charge in [-0.15, -0.1) is 0 Å². The molecule has 0 fully saturated rings. The van der Waals surface area contributed by atoms with E-state index in [9.17, 15) is 4.79 Å². The maximum Gasteiger partial charge on any atom is 0.297 e. The summed E-state index contributed by atoms with van der Waals surface area (Å²) in [5, 5.41) is 3.13. The third-order valence-corrected chi connectivity index (χ3v) is 4.46. The molecule has 0 aliphatic heterocycles. The standard InChI is InChI=1S/C19H18BrN3O2/c1-25-17-13-15(7-8-16(17)20)23-12-11-22-18(19(23)24)21-10-9-14-5-3-2-4-6-14/h2-8,11-13H,9-10H2,1H3,(H,21,22). The van der Waals surface area contributed by atoms with E-state index in [1.54, 1.807) is 30.1 Å². The molecule has 0 saturated heterocycles. The predicted molar refractivity (Wildman–Crippen MR) is 103 cm³/mol. The van der Waals surface area contributed by atoms with Gasteiger partial charge in [-0.1, -0.05) is 30.3 Å². The topological polar surface area (TPSA) is 56.1 Å². The van der Waals surface area contributed by atoms with Crippen molar-refractivity contribution < 1.29 is 4.74 Å². The summed E-state index contributed by atoms with van der Waals surface area (Å²) < 4.78 is 7.68. The minimum Gasteiger partial charge on any atom is -0.495 e. The van der Waals surface area contributed by atoms with E-state index in [1.165, 1.54) is 5.56 Å². The second-order valence-electron chi connectivity index (χ2n) is 5.43. The predicted octanol–water partition coefficient (Wildman–Crippen LogP) is 3.66. The van der Waals surface area contributed by atoms with Crippen LogP contribution in [0.5, 0.6) is 5.75 Å². The molecule has 2 aromatic carbocycles. The molecular weight excluding hydrogens is 382 g/mol. The smallest absolute Gasteiger partial charge is 0.297 e. The fraction of sp³-hybridized carbons (Fsp3) is 0.158. The summed E-state index contributed by atoms with van der Waals surface area (Å²) in [5.41, 5.74) is 1.74. The Morgan fingerprint density at radius 1 is 1.20 bits per heavy atom. The fourth-order valence-corrected chi connectivity index (χ4v) is 2.91. The van der Waals surface area contributed by atoms with E-state index in [4.69, 9.17) is 4.74 Å². The SMILES string of the molecule is COc1cc(-n2ccnc(NCCc3ccccc3)c2=O)ccc1Br. The van der Waals surface area contributed by atoms with E-state index in [-0.39, 0.29) is 5.56 Å². The number of nitrogens with zero attached hydrogens (tertiary/aromatic N) is 2. The van der Waals surface area contributed by atoms with E-state index in [2.05, 4.69) is 38.4 Å². The maximum absolute atomic E-state index is 12.7. The van der Waals surface area contributed by atoms with Gasteiger partial charge < -0.3 is 10.1 Å². The van der Waals surface area contributed by atoms with E-state index in [0.29, 0.717) is 18.1 Å². The molecule has 6 heteroatoms. The monoisotopic (exact) mass is 399 g/mol. The highest BCUT2D eigenvalue weighted by Crippen LogP contribution is 2.26. The van der Waals surface area contributed by atoms with E-state index >= 15 is 0 Å². The van der Waals surface area contributed by atoms with Crippen LogP contribution in [-0.2, 0) is 6.42 Å². The average Bonchev–Trinajstić information content (AvgIpc) is 2.65. The second kappa shape index (κ2) is 7.98. The molecule has 1 heterocycles. The first-order valence-electron chi connectivity index (χ1n) is 7.88. The molecular formula is C19H18BrN3O2. The molecule has 0 radical (unpaired) electrons. The molecule has 0 aliphatic rings. The van der Waals surface area contributed by atoms with Crippen LogP contribution in [0.3, 0.4) is 0 Å². The zero-order valence-corrected chi connectivity index (χ0v) is 15.4. The molecule has 0 aliphatic carbocycles. The first-order valence-corrected chi connectivity index (χ1v) is 8.67. The van der Waals surface area contributed by atoms with Crippen molar-refractivity contribution in [3.63, 3.8) is 0 Å². The van der Waals surface area contributed by atoms with Crippen molar-refractivity contribution in [2.45, 2.75) is 6.42 Å². The minimum absolute atomic E-state index is 0.195. The van der Waals surface area contributed by atoms with Gasteiger partial charge in [0.05, 0.1) is 17.3 Å². The number of anilines is 1. The van der Waals surface area contributed by atoms with Crippen LogP contribution in [0, 0.1) is 0 Å².